The maximum atomic E-state index is 6.10. The van der Waals surface area contributed by atoms with E-state index in [-0.39, 0.29) is 6.10 Å². The van der Waals surface area contributed by atoms with Crippen molar-refractivity contribution in [3.05, 3.63) is 47.0 Å². The van der Waals surface area contributed by atoms with Crippen LogP contribution in [-0.4, -0.2) is 22.3 Å². The summed E-state index contributed by atoms with van der Waals surface area (Å²) in [6, 6.07) is 8.16. The van der Waals surface area contributed by atoms with E-state index in [0.29, 0.717) is 0 Å². The molecule has 2 aromatic rings. The summed E-state index contributed by atoms with van der Waals surface area (Å²) >= 11 is 1.81. The highest BCUT2D eigenvalue weighted by molar-refractivity contribution is 7.99. The summed E-state index contributed by atoms with van der Waals surface area (Å²) in [6.07, 6.45) is 0.959. The Balaban J connectivity index is 1.67. The number of ether oxygens (including phenoxy) is 1. The van der Waals surface area contributed by atoms with Crippen LogP contribution in [0, 0.1) is 6.92 Å². The lowest BCUT2D eigenvalue weighted by atomic mass is 10.0. The smallest absolute Gasteiger partial charge is 0.170 e. The molecule has 0 saturated carbocycles. The Kier molecular flexibility index (Phi) is 3.31. The molecule has 1 atom stereocenters. The monoisotopic (exact) mass is 299 g/mol. The minimum Gasteiger partial charge on any atom is -0.480 e. The van der Waals surface area contributed by atoms with Gasteiger partial charge in [0.15, 0.2) is 11.9 Å². The van der Waals surface area contributed by atoms with Crippen LogP contribution in [0.1, 0.15) is 28.9 Å². The molecule has 5 heteroatoms. The molecule has 2 aliphatic rings. The molecule has 3 heterocycles. The zero-order chi connectivity index (χ0) is 14.2. The number of aryl methyl sites for hydroxylation is 1. The first-order chi connectivity index (χ1) is 10.3. The SMILES string of the molecule is Cc1nc(C2CSc3ccccc3O2)nc2c1CCNC2. The summed E-state index contributed by atoms with van der Waals surface area (Å²) in [7, 11) is 0. The van der Waals surface area contributed by atoms with Gasteiger partial charge in [-0.2, -0.15) is 0 Å². The van der Waals surface area contributed by atoms with Crippen LogP contribution in [0.4, 0.5) is 0 Å². The van der Waals surface area contributed by atoms with Crippen molar-refractivity contribution in [2.75, 3.05) is 12.3 Å². The van der Waals surface area contributed by atoms with Crippen LogP contribution in [0.3, 0.4) is 0 Å². The van der Waals surface area contributed by atoms with Crippen LogP contribution in [0.2, 0.25) is 0 Å². The Morgan fingerprint density at radius 1 is 1.29 bits per heavy atom. The third kappa shape index (κ3) is 2.40. The second-order valence-corrected chi connectivity index (χ2v) is 6.45. The molecule has 4 nitrogen and oxygen atoms in total. The highest BCUT2D eigenvalue weighted by Crippen LogP contribution is 2.39. The number of nitrogens with zero attached hydrogens (tertiary/aromatic N) is 2. The fourth-order valence-electron chi connectivity index (χ4n) is 2.86. The highest BCUT2D eigenvalue weighted by atomic mass is 32.2. The minimum absolute atomic E-state index is 0.0594. The van der Waals surface area contributed by atoms with E-state index in [2.05, 4.69) is 18.3 Å². The third-order valence-corrected chi connectivity index (χ3v) is 5.08. The lowest BCUT2D eigenvalue weighted by molar-refractivity contribution is 0.209. The van der Waals surface area contributed by atoms with Gasteiger partial charge >= 0.3 is 0 Å². The second kappa shape index (κ2) is 5.31. The number of aromatic nitrogens is 2. The molecular formula is C16H17N3OS. The fourth-order valence-corrected chi connectivity index (χ4v) is 3.84. The molecule has 4 rings (SSSR count). The number of hydrogen-bond donors (Lipinski definition) is 1. The summed E-state index contributed by atoms with van der Waals surface area (Å²) in [5.74, 6) is 2.62. The molecule has 0 amide bonds. The molecule has 0 radical (unpaired) electrons. The van der Waals surface area contributed by atoms with Crippen molar-refractivity contribution < 1.29 is 4.74 Å². The maximum Gasteiger partial charge on any atom is 0.170 e. The topological polar surface area (TPSA) is 47.0 Å². The Labute approximate surface area is 128 Å². The first kappa shape index (κ1) is 13.1. The van der Waals surface area contributed by atoms with Gasteiger partial charge in [0.25, 0.3) is 0 Å². The number of rotatable bonds is 1. The van der Waals surface area contributed by atoms with Gasteiger partial charge in [0, 0.05) is 22.9 Å². The maximum absolute atomic E-state index is 6.10. The second-order valence-electron chi connectivity index (χ2n) is 5.38. The molecule has 1 unspecified atom stereocenters. The van der Waals surface area contributed by atoms with Crippen molar-refractivity contribution in [1.29, 1.82) is 0 Å². The van der Waals surface area contributed by atoms with Crippen molar-refractivity contribution in [2.45, 2.75) is 30.9 Å². The van der Waals surface area contributed by atoms with Gasteiger partial charge in [0.2, 0.25) is 0 Å². The summed E-state index contributed by atoms with van der Waals surface area (Å²) in [5.41, 5.74) is 3.54. The van der Waals surface area contributed by atoms with Crippen molar-refractivity contribution in [3.63, 3.8) is 0 Å². The number of nitrogens with one attached hydrogen (secondary N) is 1. The number of para-hydroxylation sites is 1. The number of fused-ring (bicyclic) bond motifs is 2. The standard InChI is InChI=1S/C16H17N3OS/c1-10-11-6-7-17-8-12(11)19-16(18-10)14-9-21-15-5-3-2-4-13(15)20-14/h2-5,14,17H,6-9H2,1H3. The normalized spacial score (nSPS) is 20.3. The molecule has 1 N–H and O–H groups in total. The Bertz CT molecular complexity index is 689. The van der Waals surface area contributed by atoms with Gasteiger partial charge in [-0.15, -0.1) is 11.8 Å². The molecule has 1 aromatic carbocycles. The molecule has 0 saturated heterocycles. The van der Waals surface area contributed by atoms with E-state index in [1.54, 1.807) is 0 Å². The van der Waals surface area contributed by atoms with Crippen molar-refractivity contribution in [2.24, 2.45) is 0 Å². The zero-order valence-corrected chi connectivity index (χ0v) is 12.7. The highest BCUT2D eigenvalue weighted by Gasteiger charge is 2.26. The zero-order valence-electron chi connectivity index (χ0n) is 11.9. The fraction of sp³-hybridized carbons (Fsp3) is 0.375. The van der Waals surface area contributed by atoms with Crippen molar-refractivity contribution >= 4 is 11.8 Å². The summed E-state index contributed by atoms with van der Waals surface area (Å²) < 4.78 is 6.10. The van der Waals surface area contributed by atoms with E-state index < -0.39 is 0 Å². The van der Waals surface area contributed by atoms with Gasteiger partial charge in [0.1, 0.15) is 5.75 Å². The number of benzene rings is 1. The van der Waals surface area contributed by atoms with Gasteiger partial charge in [-0.3, -0.25) is 0 Å². The first-order valence-electron chi connectivity index (χ1n) is 7.27. The molecule has 21 heavy (non-hydrogen) atoms. The van der Waals surface area contributed by atoms with Gasteiger partial charge in [-0.1, -0.05) is 12.1 Å². The van der Waals surface area contributed by atoms with Gasteiger partial charge in [-0.05, 0) is 37.6 Å². The molecule has 1 aromatic heterocycles. The van der Waals surface area contributed by atoms with Crippen LogP contribution >= 0.6 is 11.8 Å². The predicted molar refractivity (Wildman–Crippen MR) is 82.7 cm³/mol. The Morgan fingerprint density at radius 3 is 3.14 bits per heavy atom. The summed E-state index contributed by atoms with van der Waals surface area (Å²) in [5, 5.41) is 3.38. The lowest BCUT2D eigenvalue weighted by Gasteiger charge is -2.26. The molecule has 0 spiro atoms. The van der Waals surface area contributed by atoms with Gasteiger partial charge in [0.05, 0.1) is 5.69 Å². The average Bonchev–Trinajstić information content (AvgIpc) is 2.54. The van der Waals surface area contributed by atoms with Crippen molar-refractivity contribution in [3.8, 4) is 5.75 Å². The molecule has 0 aliphatic carbocycles. The molecule has 2 aliphatic heterocycles. The van der Waals surface area contributed by atoms with Crippen LogP contribution in [0.5, 0.6) is 5.75 Å². The largest absolute Gasteiger partial charge is 0.480 e. The van der Waals surface area contributed by atoms with Crippen LogP contribution in [-0.2, 0) is 13.0 Å². The summed E-state index contributed by atoms with van der Waals surface area (Å²) in [6.45, 7) is 3.93. The molecular weight excluding hydrogens is 282 g/mol. The minimum atomic E-state index is -0.0594. The number of thioether (sulfide) groups is 1. The third-order valence-electron chi connectivity index (χ3n) is 3.96. The first-order valence-corrected chi connectivity index (χ1v) is 8.25. The predicted octanol–water partition coefficient (Wildman–Crippen LogP) is 2.66. The van der Waals surface area contributed by atoms with Crippen LogP contribution in [0.15, 0.2) is 29.2 Å². The van der Waals surface area contributed by atoms with E-state index >= 15 is 0 Å². The Hall–Kier alpha value is -1.59. The quantitative estimate of drug-likeness (QED) is 0.877. The Morgan fingerprint density at radius 2 is 2.19 bits per heavy atom. The molecule has 108 valence electrons. The van der Waals surface area contributed by atoms with E-state index in [9.17, 15) is 0 Å². The van der Waals surface area contributed by atoms with Crippen LogP contribution in [0.25, 0.3) is 0 Å². The van der Waals surface area contributed by atoms with Crippen molar-refractivity contribution in [1.82, 2.24) is 15.3 Å². The molecule has 0 bridgehead atoms. The van der Waals surface area contributed by atoms with E-state index in [4.69, 9.17) is 14.7 Å². The van der Waals surface area contributed by atoms with E-state index in [1.807, 2.05) is 30.0 Å². The average molecular weight is 299 g/mol. The van der Waals surface area contributed by atoms with E-state index in [1.165, 1.54) is 10.5 Å². The van der Waals surface area contributed by atoms with E-state index in [0.717, 1.165) is 48.2 Å². The summed E-state index contributed by atoms with van der Waals surface area (Å²) in [4.78, 5) is 10.7. The molecule has 0 fully saturated rings. The lowest BCUT2D eigenvalue weighted by Crippen LogP contribution is -2.28. The van der Waals surface area contributed by atoms with Gasteiger partial charge in [-0.25, -0.2) is 9.97 Å². The van der Waals surface area contributed by atoms with Crippen LogP contribution < -0.4 is 10.1 Å². The van der Waals surface area contributed by atoms with Gasteiger partial charge < -0.3 is 10.1 Å². The number of hydrogen-bond acceptors (Lipinski definition) is 5.